The lowest BCUT2D eigenvalue weighted by molar-refractivity contribution is -0.270. The first-order chi connectivity index (χ1) is 7.57. The van der Waals surface area contributed by atoms with Gasteiger partial charge in [0, 0.05) is 11.3 Å². The molecule has 0 bridgehead atoms. The van der Waals surface area contributed by atoms with E-state index in [2.05, 4.69) is 0 Å². The van der Waals surface area contributed by atoms with Crippen LogP contribution in [0.15, 0.2) is 0 Å². The lowest BCUT2D eigenvalue weighted by Crippen LogP contribution is -2.54. The van der Waals surface area contributed by atoms with E-state index in [1.807, 2.05) is 0 Å². The Balaban J connectivity index is 4.65. The highest BCUT2D eigenvalue weighted by Gasteiger charge is 2.63. The largest absolute Gasteiger partial charge is 0.463 e. The van der Waals surface area contributed by atoms with Gasteiger partial charge in [-0.1, -0.05) is 0 Å². The monoisotopic (exact) mass is 281 g/mol. The predicted molar refractivity (Wildman–Crippen MR) is 53.0 cm³/mol. The first-order valence-electron chi connectivity index (χ1n) is 4.47. The van der Waals surface area contributed by atoms with E-state index in [0.29, 0.717) is 0 Å². The number of hydrogen-bond acceptors (Lipinski definition) is 3. The van der Waals surface area contributed by atoms with Gasteiger partial charge in [0.05, 0.1) is 6.61 Å². The SMILES string of the molecule is CSC(CO)C(C)NC(=O)C(F)(F)C(F)(F)F. The van der Waals surface area contributed by atoms with E-state index in [-0.39, 0.29) is 0 Å². The molecule has 2 atom stereocenters. The van der Waals surface area contributed by atoms with Crippen molar-refractivity contribution in [2.45, 2.75) is 30.3 Å². The number of hydrogen-bond donors (Lipinski definition) is 2. The molecule has 0 fully saturated rings. The van der Waals surface area contributed by atoms with Crippen LogP contribution in [0.5, 0.6) is 0 Å². The maximum absolute atomic E-state index is 12.5. The van der Waals surface area contributed by atoms with Crippen molar-refractivity contribution in [3.63, 3.8) is 0 Å². The summed E-state index contributed by atoms with van der Waals surface area (Å²) in [5.74, 6) is -7.84. The van der Waals surface area contributed by atoms with Crippen LogP contribution in [0, 0.1) is 0 Å². The van der Waals surface area contributed by atoms with Crippen molar-refractivity contribution < 1.29 is 31.9 Å². The van der Waals surface area contributed by atoms with E-state index in [1.54, 1.807) is 0 Å². The fraction of sp³-hybridized carbons (Fsp3) is 0.875. The number of aliphatic hydroxyl groups is 1. The summed E-state index contributed by atoms with van der Waals surface area (Å²) < 4.78 is 60.6. The molecule has 3 nitrogen and oxygen atoms in total. The second-order valence-electron chi connectivity index (χ2n) is 3.29. The van der Waals surface area contributed by atoms with E-state index in [0.717, 1.165) is 11.8 Å². The van der Waals surface area contributed by atoms with Crippen molar-refractivity contribution in [3.05, 3.63) is 0 Å². The number of rotatable bonds is 5. The molecule has 0 aliphatic rings. The number of thioether (sulfide) groups is 1. The smallest absolute Gasteiger partial charge is 0.395 e. The van der Waals surface area contributed by atoms with E-state index < -0.39 is 35.9 Å². The summed E-state index contributed by atoms with van der Waals surface area (Å²) >= 11 is 1.05. The van der Waals surface area contributed by atoms with Crippen LogP contribution >= 0.6 is 11.8 Å². The average Bonchev–Trinajstić information content (AvgIpc) is 2.17. The quantitative estimate of drug-likeness (QED) is 0.749. The predicted octanol–water partition coefficient (Wildman–Crippen LogP) is 1.41. The molecule has 0 aromatic rings. The summed E-state index contributed by atoms with van der Waals surface area (Å²) in [7, 11) is 0. The molecule has 2 unspecified atom stereocenters. The van der Waals surface area contributed by atoms with E-state index in [9.17, 15) is 26.7 Å². The highest BCUT2D eigenvalue weighted by Crippen LogP contribution is 2.35. The van der Waals surface area contributed by atoms with Gasteiger partial charge in [-0.05, 0) is 13.2 Å². The van der Waals surface area contributed by atoms with Gasteiger partial charge >= 0.3 is 18.0 Å². The van der Waals surface area contributed by atoms with Crippen LogP contribution in [-0.4, -0.2) is 47.3 Å². The molecule has 0 saturated heterocycles. The number of amides is 1. The fourth-order valence-electron chi connectivity index (χ4n) is 0.956. The van der Waals surface area contributed by atoms with Crippen molar-refractivity contribution in [1.29, 1.82) is 0 Å². The summed E-state index contributed by atoms with van der Waals surface area (Å²) in [5.41, 5.74) is 0. The molecule has 1 amide bonds. The zero-order valence-electron chi connectivity index (χ0n) is 9.02. The fourth-order valence-corrected chi connectivity index (χ4v) is 1.58. The van der Waals surface area contributed by atoms with Gasteiger partial charge < -0.3 is 10.4 Å². The zero-order chi connectivity index (χ0) is 13.9. The third-order valence-corrected chi connectivity index (χ3v) is 3.20. The Morgan fingerprint density at radius 2 is 1.82 bits per heavy atom. The van der Waals surface area contributed by atoms with Crippen molar-refractivity contribution in [2.75, 3.05) is 12.9 Å². The topological polar surface area (TPSA) is 49.3 Å². The second-order valence-corrected chi connectivity index (χ2v) is 4.37. The maximum Gasteiger partial charge on any atom is 0.463 e. The molecule has 0 heterocycles. The zero-order valence-corrected chi connectivity index (χ0v) is 9.83. The number of carbonyl (C=O) groups excluding carboxylic acids is 1. The van der Waals surface area contributed by atoms with Crippen LogP contribution in [0.1, 0.15) is 6.92 Å². The van der Waals surface area contributed by atoms with E-state index in [4.69, 9.17) is 5.11 Å². The summed E-state index contributed by atoms with van der Waals surface area (Å²) in [6.45, 7) is 0.794. The van der Waals surface area contributed by atoms with Crippen molar-refractivity contribution in [1.82, 2.24) is 5.32 Å². The summed E-state index contributed by atoms with van der Waals surface area (Å²) in [6.07, 6.45) is -4.39. The molecule has 0 rings (SSSR count). The molecule has 0 spiro atoms. The Labute approximate surface area is 98.8 Å². The molecule has 102 valence electrons. The van der Waals surface area contributed by atoms with Crippen molar-refractivity contribution in [2.24, 2.45) is 0 Å². The lowest BCUT2D eigenvalue weighted by atomic mass is 10.2. The Hall–Kier alpha value is -0.570. The van der Waals surface area contributed by atoms with Gasteiger partial charge in [0.15, 0.2) is 0 Å². The van der Waals surface area contributed by atoms with E-state index >= 15 is 0 Å². The molecule has 2 N–H and O–H groups in total. The minimum absolute atomic E-state index is 0.444. The molecule has 0 aliphatic heterocycles. The van der Waals surface area contributed by atoms with Gasteiger partial charge in [0.1, 0.15) is 0 Å². The number of alkyl halides is 5. The Morgan fingerprint density at radius 3 is 2.12 bits per heavy atom. The van der Waals surface area contributed by atoms with Gasteiger partial charge in [-0.3, -0.25) is 4.79 Å². The van der Waals surface area contributed by atoms with Gasteiger partial charge in [-0.2, -0.15) is 33.7 Å². The maximum atomic E-state index is 12.5. The molecule has 0 aliphatic carbocycles. The summed E-state index contributed by atoms with van der Waals surface area (Å²) in [6, 6.07) is -1.00. The highest BCUT2D eigenvalue weighted by atomic mass is 32.2. The van der Waals surface area contributed by atoms with Crippen LogP contribution in [0.25, 0.3) is 0 Å². The standard InChI is InChI=1S/C8H12F5NO2S/c1-4(5(3-15)17-2)14-6(16)7(9,10)8(11,12)13/h4-5,15H,3H2,1-2H3,(H,14,16). The minimum atomic E-state index is -5.93. The van der Waals surface area contributed by atoms with Crippen LogP contribution in [-0.2, 0) is 4.79 Å². The van der Waals surface area contributed by atoms with Crippen LogP contribution in [0.3, 0.4) is 0 Å². The first-order valence-corrected chi connectivity index (χ1v) is 5.75. The van der Waals surface area contributed by atoms with Gasteiger partial charge in [0.25, 0.3) is 0 Å². The molecule has 0 saturated carbocycles. The molecule has 0 aromatic heterocycles. The second kappa shape index (κ2) is 5.85. The molecular formula is C8H12F5NO2S. The Kier molecular flexibility index (Phi) is 5.66. The summed E-state index contributed by atoms with van der Waals surface area (Å²) in [4.78, 5) is 10.8. The Morgan fingerprint density at radius 1 is 1.35 bits per heavy atom. The molecule has 17 heavy (non-hydrogen) atoms. The average molecular weight is 281 g/mol. The summed E-state index contributed by atoms with van der Waals surface area (Å²) in [5, 5.41) is 9.68. The van der Waals surface area contributed by atoms with E-state index in [1.165, 1.54) is 18.5 Å². The normalized spacial score (nSPS) is 16.5. The van der Waals surface area contributed by atoms with Gasteiger partial charge in [0.2, 0.25) is 0 Å². The van der Waals surface area contributed by atoms with Crippen LogP contribution in [0.2, 0.25) is 0 Å². The van der Waals surface area contributed by atoms with Crippen LogP contribution in [0.4, 0.5) is 22.0 Å². The number of carbonyl (C=O) groups is 1. The molecule has 0 radical (unpaired) electrons. The van der Waals surface area contributed by atoms with Crippen molar-refractivity contribution >= 4 is 17.7 Å². The first kappa shape index (κ1) is 16.4. The Bertz CT molecular complexity index is 267. The van der Waals surface area contributed by atoms with Gasteiger partial charge in [-0.25, -0.2) is 0 Å². The minimum Gasteiger partial charge on any atom is -0.395 e. The molecular weight excluding hydrogens is 269 g/mol. The van der Waals surface area contributed by atoms with Crippen LogP contribution < -0.4 is 5.32 Å². The highest BCUT2D eigenvalue weighted by molar-refractivity contribution is 7.99. The lowest BCUT2D eigenvalue weighted by Gasteiger charge is -2.25. The van der Waals surface area contributed by atoms with Crippen molar-refractivity contribution in [3.8, 4) is 0 Å². The van der Waals surface area contributed by atoms with Gasteiger partial charge in [-0.15, -0.1) is 0 Å². The molecule has 9 heteroatoms. The third-order valence-electron chi connectivity index (χ3n) is 2.04. The molecule has 0 aromatic carbocycles. The number of aliphatic hydroxyl groups excluding tert-OH is 1. The number of nitrogens with one attached hydrogen (secondary N) is 1. The third kappa shape index (κ3) is 3.98. The number of halogens is 5.